The van der Waals surface area contributed by atoms with E-state index >= 15 is 0 Å². The first kappa shape index (κ1) is 27.8. The van der Waals surface area contributed by atoms with Gasteiger partial charge in [-0.05, 0) is 56.0 Å². The van der Waals surface area contributed by atoms with E-state index in [0.29, 0.717) is 17.8 Å². The molecule has 36 heavy (non-hydrogen) atoms. The van der Waals surface area contributed by atoms with Gasteiger partial charge in [0.15, 0.2) is 5.13 Å². The van der Waals surface area contributed by atoms with Gasteiger partial charge in [-0.2, -0.15) is 0 Å². The van der Waals surface area contributed by atoms with E-state index < -0.39 is 0 Å². The zero-order chi connectivity index (χ0) is 24.8. The number of aromatic nitrogens is 2. The third-order valence-corrected chi connectivity index (χ3v) is 7.93. The third kappa shape index (κ3) is 7.86. The Kier molecular flexibility index (Phi) is 9.62. The molecule has 4 rings (SSSR count). The van der Waals surface area contributed by atoms with Crippen molar-refractivity contribution in [2.75, 3.05) is 16.0 Å². The second-order valence-corrected chi connectivity index (χ2v) is 12.1. The molecule has 194 valence electrons. The molecule has 1 aromatic carbocycles. The molecule has 0 saturated heterocycles. The molecule has 7 nitrogen and oxygen atoms in total. The smallest absolute Gasteiger partial charge is 0.247 e. The van der Waals surface area contributed by atoms with Crippen molar-refractivity contribution < 1.29 is 9.21 Å². The summed E-state index contributed by atoms with van der Waals surface area (Å²) in [6.07, 6.45) is 9.50. The molecule has 1 saturated carbocycles. The third-order valence-electron chi connectivity index (χ3n) is 5.83. The number of nitrogens with zero attached hydrogens (tertiary/aromatic N) is 2. The van der Waals surface area contributed by atoms with E-state index in [4.69, 9.17) is 4.42 Å². The van der Waals surface area contributed by atoms with Gasteiger partial charge >= 0.3 is 0 Å². The van der Waals surface area contributed by atoms with Gasteiger partial charge in [-0.15, -0.1) is 11.8 Å². The molecule has 1 aliphatic rings. The van der Waals surface area contributed by atoms with Crippen molar-refractivity contribution >= 4 is 45.5 Å². The summed E-state index contributed by atoms with van der Waals surface area (Å²) in [6.45, 7) is 9.85. The number of rotatable bonds is 9. The molecule has 0 aliphatic heterocycles. The van der Waals surface area contributed by atoms with Crippen LogP contribution in [0.4, 0.5) is 16.5 Å². The monoisotopic (exact) mass is 527 g/mol. The highest BCUT2D eigenvalue weighted by atomic mass is 32.2. The van der Waals surface area contributed by atoms with Crippen LogP contribution in [-0.2, 0) is 16.0 Å². The Bertz CT molecular complexity index is 1130. The topological polar surface area (TPSA) is 92.1 Å². The average Bonchev–Trinajstić information content (AvgIpc) is 3.49. The Labute approximate surface area is 222 Å². The number of thiazole rings is 1. The van der Waals surface area contributed by atoms with E-state index in [1.54, 1.807) is 23.1 Å². The molecule has 2 heterocycles. The quantitative estimate of drug-likeness (QED) is 0.198. The molecule has 2 unspecified atom stereocenters. The molecule has 2 atom stereocenters. The van der Waals surface area contributed by atoms with Crippen LogP contribution in [0.15, 0.2) is 57.9 Å². The molecule has 9 heteroatoms. The summed E-state index contributed by atoms with van der Waals surface area (Å²) in [5.74, 6) is 2.15. The van der Waals surface area contributed by atoms with Gasteiger partial charge in [0.1, 0.15) is 5.76 Å². The minimum Gasteiger partial charge on any atom is -0.444 e. The number of hydrogen-bond donors (Lipinski definition) is 3. The van der Waals surface area contributed by atoms with Crippen LogP contribution in [0.5, 0.6) is 0 Å². The van der Waals surface area contributed by atoms with Crippen molar-refractivity contribution in [1.82, 2.24) is 9.97 Å². The number of amides is 1. The van der Waals surface area contributed by atoms with Gasteiger partial charge in [-0.1, -0.05) is 46.1 Å². The van der Waals surface area contributed by atoms with E-state index in [1.807, 2.05) is 36.7 Å². The molecule has 2 aromatic heterocycles. The molecule has 1 fully saturated rings. The average molecular weight is 528 g/mol. The predicted octanol–water partition coefficient (Wildman–Crippen LogP) is 7.32. The molecule has 1 amide bonds. The number of oxazole rings is 1. The van der Waals surface area contributed by atoms with Crippen LogP contribution in [0.25, 0.3) is 0 Å². The van der Waals surface area contributed by atoms with Crippen molar-refractivity contribution in [3.8, 4) is 0 Å². The summed E-state index contributed by atoms with van der Waals surface area (Å²) in [4.78, 5) is 20.4. The molecular weight excluding hydrogens is 490 g/mol. The van der Waals surface area contributed by atoms with Gasteiger partial charge in [0, 0.05) is 28.9 Å². The molecule has 3 aromatic rings. The maximum absolute atomic E-state index is 11.4. The Morgan fingerprint density at radius 1 is 1.14 bits per heavy atom. The molecular formula is C27H37N5O2S2. The van der Waals surface area contributed by atoms with Gasteiger partial charge in [0.05, 0.1) is 22.4 Å². The lowest BCUT2D eigenvalue weighted by atomic mass is 9.91. The molecule has 3 N–H and O–H groups in total. The van der Waals surface area contributed by atoms with Gasteiger partial charge in [-0.25, -0.2) is 9.97 Å². The number of benzene rings is 1. The molecule has 0 radical (unpaired) electrons. The zero-order valence-electron chi connectivity index (χ0n) is 20.5. The zero-order valence-corrected chi connectivity index (χ0v) is 22.1. The summed E-state index contributed by atoms with van der Waals surface area (Å²) in [7, 11) is 0. The number of anilines is 3. The van der Waals surface area contributed by atoms with Crippen LogP contribution < -0.4 is 16.0 Å². The van der Waals surface area contributed by atoms with E-state index in [9.17, 15) is 4.79 Å². The maximum atomic E-state index is 11.4. The summed E-state index contributed by atoms with van der Waals surface area (Å²) in [5.41, 5.74) is 1.79. The lowest BCUT2D eigenvalue weighted by molar-refractivity contribution is -0.111. The second kappa shape index (κ2) is 12.5. The Balaban J connectivity index is 0.00000361. The van der Waals surface area contributed by atoms with Crippen molar-refractivity contribution in [1.29, 1.82) is 0 Å². The van der Waals surface area contributed by atoms with E-state index in [2.05, 4.69) is 53.3 Å². The van der Waals surface area contributed by atoms with Crippen molar-refractivity contribution in [2.45, 2.75) is 81.3 Å². The highest BCUT2D eigenvalue weighted by molar-refractivity contribution is 8.00. The highest BCUT2D eigenvalue weighted by Gasteiger charge is 2.23. The first-order chi connectivity index (χ1) is 16.8. The summed E-state index contributed by atoms with van der Waals surface area (Å²) < 4.78 is 7.04. The SMILES string of the molecule is C.C=CC(=O)Nc1ccc(NC2CCCC(Nc3ncc(SCc4ncc(C(C)(C)C)o4)s3)C2)cc1. The minimum absolute atomic E-state index is 0. The van der Waals surface area contributed by atoms with E-state index in [1.165, 1.54) is 6.08 Å². The standard InChI is InChI=1S/C26H33N5O2S2.CH4/c1-5-22(32)30-18-11-9-17(10-12-18)29-19-7-6-8-20(13-19)31-25-28-15-24(35-25)34-16-23-27-14-21(33-23)26(2,3)4;/h5,9-12,14-15,19-20,29H,1,6-8,13,16H2,2-4H3,(H,28,31)(H,30,32);1H4. The van der Waals surface area contributed by atoms with E-state index in [-0.39, 0.29) is 18.7 Å². The Morgan fingerprint density at radius 2 is 1.83 bits per heavy atom. The summed E-state index contributed by atoms with van der Waals surface area (Å²) in [6, 6.07) is 8.58. The van der Waals surface area contributed by atoms with Gasteiger partial charge in [0.2, 0.25) is 11.8 Å². The van der Waals surface area contributed by atoms with Crippen LogP contribution in [0, 0.1) is 0 Å². The fourth-order valence-corrected chi connectivity index (χ4v) is 5.76. The number of hydrogen-bond acceptors (Lipinski definition) is 8. The fourth-order valence-electron chi connectivity index (χ4n) is 3.95. The minimum atomic E-state index is -0.206. The van der Waals surface area contributed by atoms with Gasteiger partial charge in [0.25, 0.3) is 0 Å². The first-order valence-electron chi connectivity index (χ1n) is 11.9. The van der Waals surface area contributed by atoms with Crippen LogP contribution >= 0.6 is 23.1 Å². The fraction of sp³-hybridized carbons (Fsp3) is 0.444. The predicted molar refractivity (Wildman–Crippen MR) is 152 cm³/mol. The van der Waals surface area contributed by atoms with Gasteiger partial charge < -0.3 is 20.4 Å². The Morgan fingerprint density at radius 3 is 2.50 bits per heavy atom. The second-order valence-electron chi connectivity index (χ2n) is 9.76. The van der Waals surface area contributed by atoms with Crippen LogP contribution in [-0.4, -0.2) is 28.0 Å². The van der Waals surface area contributed by atoms with Crippen molar-refractivity contribution in [2.24, 2.45) is 0 Å². The van der Waals surface area contributed by atoms with Gasteiger partial charge in [-0.3, -0.25) is 4.79 Å². The highest BCUT2D eigenvalue weighted by Crippen LogP contribution is 2.33. The van der Waals surface area contributed by atoms with Crippen molar-refractivity contribution in [3.05, 3.63) is 61.0 Å². The lowest BCUT2D eigenvalue weighted by Gasteiger charge is -2.31. The maximum Gasteiger partial charge on any atom is 0.247 e. The van der Waals surface area contributed by atoms with Crippen molar-refractivity contribution in [3.63, 3.8) is 0 Å². The number of thioether (sulfide) groups is 1. The Hall–Kier alpha value is -2.78. The number of nitrogens with one attached hydrogen (secondary N) is 3. The van der Waals surface area contributed by atoms with E-state index in [0.717, 1.165) is 58.0 Å². The number of carbonyl (C=O) groups is 1. The summed E-state index contributed by atoms with van der Waals surface area (Å²) in [5, 5.41) is 11.0. The lowest BCUT2D eigenvalue weighted by Crippen LogP contribution is -2.34. The van der Waals surface area contributed by atoms with Crippen LogP contribution in [0.3, 0.4) is 0 Å². The normalized spacial score (nSPS) is 17.6. The molecule has 0 spiro atoms. The number of carbonyl (C=O) groups excluding carboxylic acids is 1. The molecule has 1 aliphatic carbocycles. The molecule has 0 bridgehead atoms. The van der Waals surface area contributed by atoms with Crippen LogP contribution in [0.2, 0.25) is 0 Å². The summed E-state index contributed by atoms with van der Waals surface area (Å²) >= 11 is 3.39. The first-order valence-corrected chi connectivity index (χ1v) is 13.7. The largest absolute Gasteiger partial charge is 0.444 e. The van der Waals surface area contributed by atoms with Crippen LogP contribution in [0.1, 0.15) is 65.5 Å².